The summed E-state index contributed by atoms with van der Waals surface area (Å²) in [5.74, 6) is -0.623. The van der Waals surface area contributed by atoms with Crippen LogP contribution in [0.4, 0.5) is 0 Å². The van der Waals surface area contributed by atoms with Crippen molar-refractivity contribution in [3.05, 3.63) is 112 Å². The highest BCUT2D eigenvalue weighted by molar-refractivity contribution is 9.10. The first kappa shape index (κ1) is 20.9. The summed E-state index contributed by atoms with van der Waals surface area (Å²) in [7, 11) is 0. The highest BCUT2D eigenvalue weighted by Gasteiger charge is 2.77. The van der Waals surface area contributed by atoms with Gasteiger partial charge in [-0.25, -0.2) is 4.98 Å². The molecule has 1 saturated carbocycles. The Hall–Kier alpha value is -2.71. The molecule has 0 radical (unpaired) electrons. The summed E-state index contributed by atoms with van der Waals surface area (Å²) in [5, 5.41) is 24.6. The van der Waals surface area contributed by atoms with Gasteiger partial charge in [-0.05, 0) is 23.3 Å². The van der Waals surface area contributed by atoms with Crippen LogP contribution in [0.15, 0.2) is 88.2 Å². The maximum Gasteiger partial charge on any atom is 0.200 e. The summed E-state index contributed by atoms with van der Waals surface area (Å²) < 4.78 is 13.2. The number of hydrogen-bond acceptors (Lipinski definition) is 6. The minimum Gasteiger partial charge on any atom is -0.476 e. The van der Waals surface area contributed by atoms with E-state index in [0.717, 1.165) is 10.0 Å². The van der Waals surface area contributed by atoms with Crippen LogP contribution < -0.4 is 4.74 Å². The van der Waals surface area contributed by atoms with Gasteiger partial charge >= 0.3 is 0 Å². The average Bonchev–Trinajstić information content (AvgIpc) is 3.48. The van der Waals surface area contributed by atoms with E-state index < -0.39 is 29.1 Å². The number of aliphatic hydroxyl groups excluding tert-OH is 1. The zero-order valence-corrected chi connectivity index (χ0v) is 19.4. The van der Waals surface area contributed by atoms with E-state index in [2.05, 4.69) is 25.9 Å². The molecule has 1 fully saturated rings. The number of fused-ring (bicyclic) bond motifs is 3. The van der Waals surface area contributed by atoms with Crippen molar-refractivity contribution in [3.63, 3.8) is 0 Å². The summed E-state index contributed by atoms with van der Waals surface area (Å²) in [6, 6.07) is 18.8. The second kappa shape index (κ2) is 7.40. The minimum atomic E-state index is -1.90. The molecule has 6 rings (SSSR count). The lowest BCUT2D eigenvalue weighted by Crippen LogP contribution is -2.52. The van der Waals surface area contributed by atoms with Crippen LogP contribution in [-0.2, 0) is 11.2 Å². The van der Waals surface area contributed by atoms with Crippen molar-refractivity contribution < 1.29 is 19.4 Å². The van der Waals surface area contributed by atoms with Crippen LogP contribution in [0.1, 0.15) is 34.5 Å². The molecule has 2 aromatic carbocycles. The lowest BCUT2D eigenvalue weighted by molar-refractivity contribution is -0.152. The van der Waals surface area contributed by atoms with Crippen molar-refractivity contribution in [2.24, 2.45) is 0 Å². The van der Waals surface area contributed by atoms with Crippen LogP contribution in [0.3, 0.4) is 0 Å². The molecule has 2 aliphatic rings. The first-order valence-corrected chi connectivity index (χ1v) is 11.6. The molecule has 2 N–H and O–H groups in total. The Morgan fingerprint density at radius 1 is 1.03 bits per heavy atom. The largest absolute Gasteiger partial charge is 0.476 e. The number of pyridine rings is 1. The Morgan fingerprint density at radius 3 is 2.48 bits per heavy atom. The van der Waals surface area contributed by atoms with E-state index in [-0.39, 0.29) is 5.69 Å². The molecular formula is C25H18BrClN2O4. The summed E-state index contributed by atoms with van der Waals surface area (Å²) in [6.07, 6.45) is 3.10. The first-order valence-electron chi connectivity index (χ1n) is 10.4. The summed E-state index contributed by atoms with van der Waals surface area (Å²) in [4.78, 5) is 8.78. The normalized spacial score (nSPS) is 30.0. The lowest BCUT2D eigenvalue weighted by atomic mass is 9.71. The number of hydrogen-bond donors (Lipinski definition) is 2. The molecule has 166 valence electrons. The Morgan fingerprint density at radius 2 is 1.79 bits per heavy atom. The number of rotatable bonds is 3. The molecule has 6 nitrogen and oxygen atoms in total. The van der Waals surface area contributed by atoms with E-state index >= 15 is 0 Å². The van der Waals surface area contributed by atoms with E-state index in [4.69, 9.17) is 20.8 Å². The van der Waals surface area contributed by atoms with E-state index in [1.165, 1.54) is 18.7 Å². The second-order valence-corrected chi connectivity index (χ2v) is 9.69. The monoisotopic (exact) mass is 524 g/mol. The van der Waals surface area contributed by atoms with Crippen molar-refractivity contribution in [2.75, 3.05) is 0 Å². The number of aromatic nitrogens is 2. The summed E-state index contributed by atoms with van der Waals surface area (Å²) >= 11 is 9.70. The highest BCUT2D eigenvalue weighted by Crippen LogP contribution is 2.70. The third-order valence-electron chi connectivity index (χ3n) is 6.75. The van der Waals surface area contributed by atoms with Gasteiger partial charge in [-0.2, -0.15) is 0 Å². The quantitative estimate of drug-likeness (QED) is 0.395. The van der Waals surface area contributed by atoms with E-state index in [1.54, 1.807) is 6.07 Å². The summed E-state index contributed by atoms with van der Waals surface area (Å²) in [5.41, 5.74) is -1.55. The molecule has 0 amide bonds. The van der Waals surface area contributed by atoms with Gasteiger partial charge in [-0.15, -0.1) is 0 Å². The van der Waals surface area contributed by atoms with Crippen molar-refractivity contribution in [3.8, 4) is 5.75 Å². The first-order chi connectivity index (χ1) is 16.0. The molecule has 2 aromatic heterocycles. The van der Waals surface area contributed by atoms with Crippen LogP contribution >= 0.6 is 27.5 Å². The molecule has 0 spiro atoms. The third kappa shape index (κ3) is 2.74. The molecule has 5 atom stereocenters. The standard InChI is InChI=1S/C25H18BrClN2O4/c26-16-8-6-15(7-9-16)25-20(14-4-2-1-3-5-14)19(23-28-10-11-32-23)22(30)24(25,31)21-18(33-25)12-17(27)13-29-21/h1-13,19-20,22,30-31H. The molecule has 4 aromatic rings. The number of aliphatic hydroxyl groups is 2. The van der Waals surface area contributed by atoms with E-state index in [0.29, 0.717) is 22.2 Å². The molecular weight excluding hydrogens is 508 g/mol. The topological polar surface area (TPSA) is 88.6 Å². The number of nitrogens with zero attached hydrogens (tertiary/aromatic N) is 2. The molecule has 0 saturated heterocycles. The number of halogens is 2. The fourth-order valence-corrected chi connectivity index (χ4v) is 5.91. The van der Waals surface area contributed by atoms with E-state index in [9.17, 15) is 10.2 Å². The van der Waals surface area contributed by atoms with Crippen LogP contribution in [0.25, 0.3) is 0 Å². The highest BCUT2D eigenvalue weighted by atomic mass is 79.9. The minimum absolute atomic E-state index is 0.234. The maximum absolute atomic E-state index is 12.5. The molecule has 3 heterocycles. The van der Waals surface area contributed by atoms with Crippen molar-refractivity contribution in [1.29, 1.82) is 0 Å². The summed E-state index contributed by atoms with van der Waals surface area (Å²) in [6.45, 7) is 0. The van der Waals surface area contributed by atoms with Gasteiger partial charge in [0.1, 0.15) is 23.8 Å². The Labute approximate surface area is 203 Å². The zero-order chi connectivity index (χ0) is 22.8. The Bertz CT molecular complexity index is 1320. The van der Waals surface area contributed by atoms with Crippen molar-refractivity contribution >= 4 is 27.5 Å². The van der Waals surface area contributed by atoms with Gasteiger partial charge in [0.25, 0.3) is 0 Å². The average molecular weight is 526 g/mol. The number of benzene rings is 2. The molecule has 33 heavy (non-hydrogen) atoms. The molecule has 8 heteroatoms. The smallest absolute Gasteiger partial charge is 0.200 e. The fourth-order valence-electron chi connectivity index (χ4n) is 5.50. The van der Waals surface area contributed by atoms with Crippen LogP contribution in [-0.4, -0.2) is 26.3 Å². The van der Waals surface area contributed by atoms with Gasteiger partial charge in [0.2, 0.25) is 5.89 Å². The third-order valence-corrected chi connectivity index (χ3v) is 7.49. The molecule has 1 aliphatic carbocycles. The molecule has 5 unspecified atom stereocenters. The molecule has 1 aliphatic heterocycles. The van der Waals surface area contributed by atoms with Crippen molar-refractivity contribution in [1.82, 2.24) is 9.97 Å². The number of oxazole rings is 1. The van der Waals surface area contributed by atoms with Gasteiger partial charge in [-0.3, -0.25) is 4.98 Å². The number of ether oxygens (including phenoxy) is 1. The predicted molar refractivity (Wildman–Crippen MR) is 124 cm³/mol. The van der Waals surface area contributed by atoms with Gasteiger partial charge in [-0.1, -0.05) is 70.0 Å². The fraction of sp³-hybridized carbons (Fsp3) is 0.200. The van der Waals surface area contributed by atoms with E-state index in [1.807, 2.05) is 54.6 Å². The van der Waals surface area contributed by atoms with Gasteiger partial charge in [0.05, 0.1) is 17.1 Å². The van der Waals surface area contributed by atoms with Crippen molar-refractivity contribution in [2.45, 2.75) is 29.1 Å². The van der Waals surface area contributed by atoms with Gasteiger partial charge < -0.3 is 19.4 Å². The zero-order valence-electron chi connectivity index (χ0n) is 17.1. The Kier molecular flexibility index (Phi) is 4.68. The predicted octanol–water partition coefficient (Wildman–Crippen LogP) is 4.90. The molecule has 0 bridgehead atoms. The van der Waals surface area contributed by atoms with Crippen LogP contribution in [0.2, 0.25) is 5.02 Å². The maximum atomic E-state index is 12.5. The van der Waals surface area contributed by atoms with Gasteiger partial charge in [0.15, 0.2) is 11.2 Å². The van der Waals surface area contributed by atoms with Crippen LogP contribution in [0.5, 0.6) is 5.75 Å². The van der Waals surface area contributed by atoms with Gasteiger partial charge in [0, 0.05) is 22.7 Å². The lowest BCUT2D eigenvalue weighted by Gasteiger charge is -2.40. The second-order valence-electron chi connectivity index (χ2n) is 8.34. The van der Waals surface area contributed by atoms with Crippen LogP contribution in [0, 0.1) is 0 Å². The SMILES string of the molecule is OC1C(c2ncco2)C(c2ccccc2)C2(c3ccc(Br)cc3)Oc3cc(Cl)cnc3C12O. The Balaban J connectivity index is 1.70.